The summed E-state index contributed by atoms with van der Waals surface area (Å²) in [5.74, 6) is -0.436. The van der Waals surface area contributed by atoms with Crippen LogP contribution in [0.4, 0.5) is 4.79 Å². The molecule has 0 aliphatic heterocycles. The molecule has 43 heavy (non-hydrogen) atoms. The SMILES string of the molecule is COc1cc(CNC(=O)OC(C)(C)C)cc(-c2ccc(Cc3c(C)sc(C)c3C(=O)NC3CCC(C(=O)O)CC3)cc2)c1. The van der Waals surface area contributed by atoms with E-state index in [1.807, 2.05) is 45.9 Å². The Labute approximate surface area is 257 Å². The summed E-state index contributed by atoms with van der Waals surface area (Å²) >= 11 is 1.63. The molecule has 9 heteroatoms. The molecule has 3 N–H and O–H groups in total. The van der Waals surface area contributed by atoms with Gasteiger partial charge in [0.1, 0.15) is 11.4 Å². The Morgan fingerprint density at radius 1 is 0.930 bits per heavy atom. The quantitative estimate of drug-likeness (QED) is 0.241. The van der Waals surface area contributed by atoms with Crippen molar-refractivity contribution in [3.8, 4) is 16.9 Å². The summed E-state index contributed by atoms with van der Waals surface area (Å²) in [6.45, 7) is 9.82. The molecule has 1 aliphatic rings. The number of carbonyl (C=O) groups is 3. The van der Waals surface area contributed by atoms with Gasteiger partial charge in [0.2, 0.25) is 0 Å². The Hall–Kier alpha value is -3.85. The first-order valence-corrected chi connectivity index (χ1v) is 15.5. The van der Waals surface area contributed by atoms with E-state index in [4.69, 9.17) is 9.47 Å². The van der Waals surface area contributed by atoms with Gasteiger partial charge in [-0.3, -0.25) is 9.59 Å². The Bertz CT molecular complexity index is 1460. The van der Waals surface area contributed by atoms with Crippen LogP contribution in [0.15, 0.2) is 42.5 Å². The predicted molar refractivity (Wildman–Crippen MR) is 169 cm³/mol. The molecular weight excluding hydrogens is 564 g/mol. The maximum Gasteiger partial charge on any atom is 0.407 e. The van der Waals surface area contributed by atoms with Crippen molar-refractivity contribution in [1.82, 2.24) is 10.6 Å². The minimum Gasteiger partial charge on any atom is -0.497 e. The van der Waals surface area contributed by atoms with Gasteiger partial charge in [-0.25, -0.2) is 4.79 Å². The van der Waals surface area contributed by atoms with Gasteiger partial charge in [0.15, 0.2) is 0 Å². The molecule has 1 heterocycles. The lowest BCUT2D eigenvalue weighted by Crippen LogP contribution is -2.39. The number of aryl methyl sites for hydroxylation is 2. The van der Waals surface area contributed by atoms with Crippen LogP contribution < -0.4 is 15.4 Å². The average Bonchev–Trinajstić information content (AvgIpc) is 3.23. The Morgan fingerprint density at radius 3 is 2.21 bits per heavy atom. The summed E-state index contributed by atoms with van der Waals surface area (Å²) in [5.41, 5.74) is 5.15. The fourth-order valence-electron chi connectivity index (χ4n) is 5.54. The zero-order chi connectivity index (χ0) is 31.3. The number of benzene rings is 2. The maximum absolute atomic E-state index is 13.4. The molecule has 3 aromatic rings. The molecular formula is C34H42N2O6S. The van der Waals surface area contributed by atoms with E-state index in [2.05, 4.69) is 41.8 Å². The van der Waals surface area contributed by atoms with Gasteiger partial charge >= 0.3 is 12.1 Å². The number of methoxy groups -OCH3 is 1. The third kappa shape index (κ3) is 8.60. The summed E-state index contributed by atoms with van der Waals surface area (Å²) in [4.78, 5) is 39.0. The highest BCUT2D eigenvalue weighted by molar-refractivity contribution is 7.12. The number of carboxylic acids is 1. The molecule has 0 spiro atoms. The molecule has 0 atom stereocenters. The molecule has 230 valence electrons. The van der Waals surface area contributed by atoms with E-state index in [1.165, 1.54) is 0 Å². The van der Waals surface area contributed by atoms with Gasteiger partial charge in [-0.05, 0) is 113 Å². The van der Waals surface area contributed by atoms with Crippen LogP contribution in [-0.4, -0.2) is 41.8 Å². The van der Waals surface area contributed by atoms with Gasteiger partial charge < -0.3 is 25.2 Å². The van der Waals surface area contributed by atoms with Crippen LogP contribution in [0.5, 0.6) is 5.75 Å². The maximum atomic E-state index is 13.4. The van der Waals surface area contributed by atoms with E-state index < -0.39 is 17.7 Å². The Morgan fingerprint density at radius 2 is 1.60 bits per heavy atom. The van der Waals surface area contributed by atoms with Crippen LogP contribution in [0.2, 0.25) is 0 Å². The van der Waals surface area contributed by atoms with Gasteiger partial charge in [0.05, 0.1) is 18.6 Å². The molecule has 2 amide bonds. The number of ether oxygens (including phenoxy) is 2. The minimum atomic E-state index is -0.746. The van der Waals surface area contributed by atoms with Crippen LogP contribution in [0, 0.1) is 19.8 Å². The van der Waals surface area contributed by atoms with Crippen molar-refractivity contribution >= 4 is 29.3 Å². The second kappa shape index (κ2) is 13.6. The zero-order valence-electron chi connectivity index (χ0n) is 25.8. The van der Waals surface area contributed by atoms with E-state index in [-0.39, 0.29) is 17.9 Å². The summed E-state index contributed by atoms with van der Waals surface area (Å²) in [5, 5.41) is 15.3. The van der Waals surface area contributed by atoms with Crippen LogP contribution >= 0.6 is 11.3 Å². The highest BCUT2D eigenvalue weighted by Crippen LogP contribution is 2.32. The molecule has 0 radical (unpaired) electrons. The van der Waals surface area contributed by atoms with Crippen LogP contribution in [0.25, 0.3) is 11.1 Å². The van der Waals surface area contributed by atoms with Gasteiger partial charge in [-0.2, -0.15) is 0 Å². The van der Waals surface area contributed by atoms with Gasteiger partial charge in [-0.15, -0.1) is 11.3 Å². The van der Waals surface area contributed by atoms with Gasteiger partial charge in [-0.1, -0.05) is 24.3 Å². The molecule has 1 aromatic heterocycles. The highest BCUT2D eigenvalue weighted by Gasteiger charge is 2.28. The van der Waals surface area contributed by atoms with E-state index >= 15 is 0 Å². The monoisotopic (exact) mass is 606 g/mol. The number of aliphatic carboxylic acids is 1. The number of hydrogen-bond acceptors (Lipinski definition) is 6. The van der Waals surface area contributed by atoms with Crippen molar-refractivity contribution in [3.05, 3.63) is 74.5 Å². The third-order valence-corrected chi connectivity index (χ3v) is 8.79. The van der Waals surface area contributed by atoms with Crippen LogP contribution in [0.1, 0.15) is 83.3 Å². The third-order valence-electron chi connectivity index (χ3n) is 7.73. The number of carboxylic acid groups (broad SMARTS) is 1. The predicted octanol–water partition coefficient (Wildman–Crippen LogP) is 7.03. The fourth-order valence-corrected chi connectivity index (χ4v) is 6.61. The number of rotatable bonds is 9. The van der Waals surface area contributed by atoms with Crippen molar-refractivity contribution in [2.24, 2.45) is 5.92 Å². The first-order chi connectivity index (χ1) is 20.3. The molecule has 2 aromatic carbocycles. The fraction of sp³-hybridized carbons (Fsp3) is 0.441. The van der Waals surface area contributed by atoms with Crippen molar-refractivity contribution in [3.63, 3.8) is 0 Å². The van der Waals surface area contributed by atoms with E-state index in [9.17, 15) is 19.5 Å². The molecule has 0 bridgehead atoms. The number of nitrogens with one attached hydrogen (secondary N) is 2. The number of thiophene rings is 1. The molecule has 8 nitrogen and oxygen atoms in total. The topological polar surface area (TPSA) is 114 Å². The number of alkyl carbamates (subject to hydrolysis) is 1. The minimum absolute atomic E-state index is 0.00179. The first kappa shape index (κ1) is 32.1. The largest absolute Gasteiger partial charge is 0.497 e. The Balaban J connectivity index is 1.46. The molecule has 1 saturated carbocycles. The first-order valence-electron chi connectivity index (χ1n) is 14.7. The Kier molecular flexibility index (Phi) is 10.2. The number of carbonyl (C=O) groups excluding carboxylic acids is 2. The second-order valence-electron chi connectivity index (χ2n) is 12.2. The lowest BCUT2D eigenvalue weighted by Gasteiger charge is -2.27. The second-order valence-corrected chi connectivity index (χ2v) is 13.7. The molecule has 0 saturated heterocycles. The molecule has 4 rings (SSSR count). The lowest BCUT2D eigenvalue weighted by atomic mass is 9.86. The standard InChI is InChI=1S/C34H42N2O6S/c1-20-29(30(21(2)43-20)31(37)36-27-13-11-25(12-14-27)32(38)39)17-22-7-9-24(10-8-22)26-15-23(16-28(18-26)41-6)19-35-33(40)42-34(3,4)5/h7-10,15-16,18,25,27H,11-14,17,19H2,1-6H3,(H,35,40)(H,36,37)(H,38,39). The smallest absolute Gasteiger partial charge is 0.407 e. The van der Waals surface area contributed by atoms with Crippen molar-refractivity contribution in [1.29, 1.82) is 0 Å². The van der Waals surface area contributed by atoms with Crippen LogP contribution in [0.3, 0.4) is 0 Å². The summed E-state index contributed by atoms with van der Waals surface area (Å²) in [6.07, 6.45) is 2.72. The van der Waals surface area contributed by atoms with Crippen molar-refractivity contribution in [2.45, 2.75) is 84.9 Å². The summed E-state index contributed by atoms with van der Waals surface area (Å²) in [6, 6.07) is 14.2. The zero-order valence-corrected chi connectivity index (χ0v) is 26.7. The van der Waals surface area contributed by atoms with Gasteiger partial charge in [0, 0.05) is 22.3 Å². The molecule has 1 fully saturated rings. The summed E-state index contributed by atoms with van der Waals surface area (Å²) < 4.78 is 10.9. The normalized spacial score (nSPS) is 16.8. The number of hydrogen-bond donors (Lipinski definition) is 3. The van der Waals surface area contributed by atoms with Crippen molar-refractivity contribution < 1.29 is 29.0 Å². The van der Waals surface area contributed by atoms with E-state index in [0.717, 1.165) is 43.1 Å². The molecule has 1 aliphatic carbocycles. The van der Waals surface area contributed by atoms with E-state index in [1.54, 1.807) is 18.4 Å². The number of amides is 2. The molecule has 0 unspecified atom stereocenters. The van der Waals surface area contributed by atoms with E-state index in [0.29, 0.717) is 44.4 Å². The lowest BCUT2D eigenvalue weighted by molar-refractivity contribution is -0.142. The summed E-state index contributed by atoms with van der Waals surface area (Å²) in [7, 11) is 1.62. The van der Waals surface area contributed by atoms with Crippen molar-refractivity contribution in [2.75, 3.05) is 7.11 Å². The van der Waals surface area contributed by atoms with Crippen LogP contribution in [-0.2, 0) is 22.5 Å². The van der Waals surface area contributed by atoms with Gasteiger partial charge in [0.25, 0.3) is 5.91 Å². The average molecular weight is 607 g/mol. The highest BCUT2D eigenvalue weighted by atomic mass is 32.1.